The number of carboxylic acids is 2. The lowest BCUT2D eigenvalue weighted by atomic mass is 9.40. The minimum atomic E-state index is -5.51. The quantitative estimate of drug-likeness (QED) is 0.0533. The number of ether oxygens (including phenoxy) is 3. The number of aliphatic hydroxyl groups is 2. The number of hydrogen-bond donors (Lipinski definition) is 6. The van der Waals surface area contributed by atoms with Crippen LogP contribution >= 0.6 is 0 Å². The van der Waals surface area contributed by atoms with E-state index in [1.165, 1.54) is 0 Å². The van der Waals surface area contributed by atoms with Gasteiger partial charge in [0.1, 0.15) is 12.2 Å². The predicted octanol–water partition coefficient (Wildman–Crippen LogP) is 1.12. The summed E-state index contributed by atoms with van der Waals surface area (Å²) in [5.41, 5.74) is -3.52. The molecular weight excluding hydrogens is 724 g/mol. The molecule has 2 bridgehead atoms. The maximum Gasteiger partial charge on any atom is 0.397 e. The fourth-order valence-electron chi connectivity index (χ4n) is 10.3. The maximum atomic E-state index is 13.1. The molecule has 0 aromatic carbocycles. The zero-order chi connectivity index (χ0) is 38.1. The fraction of sp³-hybridized carbons (Fsp3) is 0.839. The van der Waals surface area contributed by atoms with Crippen LogP contribution in [0, 0.1) is 39.9 Å². The summed E-state index contributed by atoms with van der Waals surface area (Å²) in [7, 11) is -11.0. The molecule has 290 valence electrons. The van der Waals surface area contributed by atoms with E-state index in [1.54, 1.807) is 20.8 Å². The molecule has 5 rings (SSSR count). The molecule has 1 spiro atoms. The van der Waals surface area contributed by atoms with Crippen molar-refractivity contribution in [1.82, 2.24) is 0 Å². The molecule has 4 aliphatic carbocycles. The number of fused-ring (bicyclic) bond motifs is 3. The summed E-state index contributed by atoms with van der Waals surface area (Å²) in [5, 5.41) is 42.9. The predicted molar refractivity (Wildman–Crippen MR) is 169 cm³/mol. The fourth-order valence-corrected chi connectivity index (χ4v) is 11.3. The van der Waals surface area contributed by atoms with Gasteiger partial charge in [-0.05, 0) is 73.2 Å². The van der Waals surface area contributed by atoms with E-state index in [2.05, 4.69) is 10.8 Å². The Hall–Kier alpha value is -2.27. The van der Waals surface area contributed by atoms with Gasteiger partial charge in [-0.25, -0.2) is 8.37 Å². The lowest BCUT2D eigenvalue weighted by Gasteiger charge is -2.64. The zero-order valence-corrected chi connectivity index (χ0v) is 30.0. The van der Waals surface area contributed by atoms with Gasteiger partial charge in [0.15, 0.2) is 23.9 Å². The summed E-state index contributed by atoms with van der Waals surface area (Å²) in [6.45, 7) is 8.03. The Morgan fingerprint density at radius 3 is 2.08 bits per heavy atom. The minimum absolute atomic E-state index is 0.00133. The first-order chi connectivity index (χ1) is 23.5. The molecule has 0 amide bonds. The molecule has 1 aliphatic heterocycles. The number of rotatable bonds is 12. The maximum absolute atomic E-state index is 13.1. The molecule has 0 radical (unpaired) electrons. The van der Waals surface area contributed by atoms with Crippen molar-refractivity contribution in [3.05, 3.63) is 12.2 Å². The number of aliphatic carboxylic acids is 2. The first kappa shape index (κ1) is 39.9. The highest BCUT2D eigenvalue weighted by Crippen LogP contribution is 2.72. The SMILES string of the molecule is C=C1[C@H]2CC[C@@H]3[C@@]4(C)C[C@H](O[C@@H]5O[C@H](CO)[C@@H](OS(=O)(=O)O)[C@H](OS(=O)(=O)O)[C@H]5OC(=O)CC(C)C)CC(C(=O)O)(C(=O)O)[C@@H]4CC[C@@]3(C2)[C@H]1O. The highest BCUT2D eigenvalue weighted by Gasteiger charge is 2.72. The van der Waals surface area contributed by atoms with E-state index in [-0.39, 0.29) is 37.0 Å². The second kappa shape index (κ2) is 13.9. The molecular formula is C31H46O18S2. The summed E-state index contributed by atoms with van der Waals surface area (Å²) in [5.74, 6) is -5.84. The van der Waals surface area contributed by atoms with E-state index >= 15 is 0 Å². The smallest absolute Gasteiger partial charge is 0.397 e. The Labute approximate surface area is 295 Å². The second-order valence-corrected chi connectivity index (χ2v) is 17.4. The van der Waals surface area contributed by atoms with Crippen LogP contribution in [0.25, 0.3) is 0 Å². The summed E-state index contributed by atoms with van der Waals surface area (Å²) < 4.78 is 93.4. The number of aliphatic hydroxyl groups excluding tert-OH is 2. The Bertz CT molecular complexity index is 1610. The molecule has 0 aromatic rings. The van der Waals surface area contributed by atoms with E-state index in [0.717, 1.165) is 0 Å². The highest BCUT2D eigenvalue weighted by molar-refractivity contribution is 7.81. The van der Waals surface area contributed by atoms with Crippen LogP contribution in [0.15, 0.2) is 12.2 Å². The van der Waals surface area contributed by atoms with Crippen molar-refractivity contribution in [2.75, 3.05) is 6.61 Å². The van der Waals surface area contributed by atoms with Gasteiger partial charge in [-0.1, -0.05) is 27.4 Å². The van der Waals surface area contributed by atoms with Crippen LogP contribution in [-0.4, -0.2) is 114 Å². The zero-order valence-electron chi connectivity index (χ0n) is 28.3. The third-order valence-electron chi connectivity index (χ3n) is 12.0. The topological polar surface area (TPSA) is 287 Å². The van der Waals surface area contributed by atoms with Crippen molar-refractivity contribution in [1.29, 1.82) is 0 Å². The van der Waals surface area contributed by atoms with Crippen LogP contribution in [0.2, 0.25) is 0 Å². The van der Waals surface area contributed by atoms with Gasteiger partial charge in [-0.2, -0.15) is 16.8 Å². The molecule has 51 heavy (non-hydrogen) atoms. The number of carbonyl (C=O) groups excluding carboxylic acids is 1. The summed E-state index contributed by atoms with van der Waals surface area (Å²) >= 11 is 0. The van der Waals surface area contributed by atoms with Crippen LogP contribution in [0.4, 0.5) is 0 Å². The third kappa shape index (κ3) is 7.20. The van der Waals surface area contributed by atoms with Gasteiger partial charge in [0.05, 0.1) is 18.8 Å². The van der Waals surface area contributed by atoms with Crippen LogP contribution in [0.3, 0.4) is 0 Å². The number of carbonyl (C=O) groups is 3. The van der Waals surface area contributed by atoms with Crippen molar-refractivity contribution in [3.63, 3.8) is 0 Å². The first-order valence-corrected chi connectivity index (χ1v) is 19.5. The molecule has 0 unspecified atom stereocenters. The second-order valence-electron chi connectivity index (χ2n) is 15.3. The van der Waals surface area contributed by atoms with Gasteiger partial charge in [0.2, 0.25) is 0 Å². The van der Waals surface area contributed by atoms with Gasteiger partial charge in [0, 0.05) is 18.3 Å². The largest absolute Gasteiger partial charge is 0.480 e. The van der Waals surface area contributed by atoms with E-state index in [1.807, 2.05) is 0 Å². The summed E-state index contributed by atoms with van der Waals surface area (Å²) in [4.78, 5) is 39.3. The number of esters is 1. The summed E-state index contributed by atoms with van der Waals surface area (Å²) in [6.07, 6.45) is -11.5. The molecule has 5 fully saturated rings. The molecule has 20 heteroatoms. The molecule has 4 saturated carbocycles. The first-order valence-electron chi connectivity index (χ1n) is 16.7. The normalized spacial score (nSPS) is 40.7. The van der Waals surface area contributed by atoms with E-state index in [9.17, 15) is 60.8 Å². The summed E-state index contributed by atoms with van der Waals surface area (Å²) in [6, 6.07) is 0. The van der Waals surface area contributed by atoms with Crippen LogP contribution in [0.1, 0.15) is 72.1 Å². The Morgan fingerprint density at radius 2 is 1.53 bits per heavy atom. The van der Waals surface area contributed by atoms with Crippen molar-refractivity contribution < 1.29 is 83.3 Å². The van der Waals surface area contributed by atoms with E-state index in [4.69, 9.17) is 18.4 Å². The van der Waals surface area contributed by atoms with Crippen molar-refractivity contribution in [3.8, 4) is 0 Å². The van der Waals surface area contributed by atoms with Crippen molar-refractivity contribution in [2.45, 2.75) is 115 Å². The van der Waals surface area contributed by atoms with Gasteiger partial charge in [0.25, 0.3) is 0 Å². The number of carboxylic acid groups (broad SMARTS) is 2. The van der Waals surface area contributed by atoms with Crippen LogP contribution < -0.4 is 0 Å². The van der Waals surface area contributed by atoms with E-state index < -0.39 is 117 Å². The highest BCUT2D eigenvalue weighted by atomic mass is 32.3. The molecule has 12 atom stereocenters. The van der Waals surface area contributed by atoms with E-state index in [0.29, 0.717) is 31.3 Å². The van der Waals surface area contributed by atoms with Crippen LogP contribution in [-0.2, 0) is 57.8 Å². The lowest BCUT2D eigenvalue weighted by Crippen LogP contribution is -2.67. The lowest BCUT2D eigenvalue weighted by molar-refractivity contribution is -0.318. The standard InChI is InChI=1S/C31H46O18S2/c1-14(2)9-21(33)47-24-23(49-51(42,43)44)22(48-50(39,40)41)18(13-32)46-26(24)45-17-11-29(4)19-6-5-16-10-30(19,25(34)15(16)3)8-7-20(29)31(12-17,27(35)36)28(37)38/h14,16-20,22-26,32,34H,3,5-13H2,1-2,4H3,(H,35,36)(H,37,38)(H,39,40,41)(H,42,43,44)/t16-,17-,18+,19+,20+,22+,23-,24+,25-,26+,29+,30-/m0/s1. The molecule has 5 aliphatic rings. The van der Waals surface area contributed by atoms with Crippen molar-refractivity contribution >= 4 is 38.7 Å². The average molecular weight is 771 g/mol. The van der Waals surface area contributed by atoms with Crippen molar-refractivity contribution in [2.24, 2.45) is 39.9 Å². The van der Waals surface area contributed by atoms with Gasteiger partial charge in [-0.15, -0.1) is 0 Å². The Balaban J connectivity index is 1.59. The average Bonchev–Trinajstić information content (AvgIpc) is 3.16. The number of hydrogen-bond acceptors (Lipinski definition) is 14. The van der Waals surface area contributed by atoms with Crippen LogP contribution in [0.5, 0.6) is 0 Å². The van der Waals surface area contributed by atoms with Gasteiger partial charge in [-0.3, -0.25) is 23.5 Å². The third-order valence-corrected chi connectivity index (χ3v) is 12.9. The molecule has 0 aromatic heterocycles. The molecule has 1 heterocycles. The Morgan fingerprint density at radius 1 is 0.922 bits per heavy atom. The van der Waals surface area contributed by atoms with Gasteiger partial charge < -0.3 is 34.6 Å². The Kier molecular flexibility index (Phi) is 10.8. The molecule has 1 saturated heterocycles. The minimum Gasteiger partial charge on any atom is -0.480 e. The molecule has 6 N–H and O–H groups in total. The monoisotopic (exact) mass is 770 g/mol. The molecule has 18 nitrogen and oxygen atoms in total. The van der Waals surface area contributed by atoms with Gasteiger partial charge >= 0.3 is 38.7 Å².